The molecule has 0 radical (unpaired) electrons. The van der Waals surface area contributed by atoms with Crippen LogP contribution in [0.25, 0.3) is 0 Å². The molecule has 0 aromatic heterocycles. The van der Waals surface area contributed by atoms with E-state index in [4.69, 9.17) is 4.74 Å². The van der Waals surface area contributed by atoms with Crippen LogP contribution in [0.3, 0.4) is 0 Å². The lowest BCUT2D eigenvalue weighted by Gasteiger charge is -2.44. The van der Waals surface area contributed by atoms with Crippen molar-refractivity contribution in [1.29, 1.82) is 0 Å². The maximum atomic E-state index is 12.7. The fraction of sp³-hybridized carbons (Fsp3) is 0.905. The van der Waals surface area contributed by atoms with Gasteiger partial charge in [-0.25, -0.2) is 4.79 Å². The molecule has 162 valence electrons. The number of hydrogen-bond acceptors (Lipinski definition) is 5. The van der Waals surface area contributed by atoms with E-state index in [0.29, 0.717) is 32.5 Å². The van der Waals surface area contributed by atoms with Gasteiger partial charge in [-0.05, 0) is 54.0 Å². The first-order valence-corrected chi connectivity index (χ1v) is 10.7. The van der Waals surface area contributed by atoms with E-state index in [1.54, 1.807) is 4.90 Å². The number of nitrogens with zero attached hydrogens (tertiary/aromatic N) is 3. The second-order valence-corrected chi connectivity index (χ2v) is 9.69. The molecule has 0 aromatic rings. The smallest absolute Gasteiger partial charge is 0.410 e. The van der Waals surface area contributed by atoms with Gasteiger partial charge in [-0.2, -0.15) is 0 Å². The molecule has 28 heavy (non-hydrogen) atoms. The molecule has 2 amide bonds. The second kappa shape index (κ2) is 9.44. The van der Waals surface area contributed by atoms with Crippen LogP contribution in [0.2, 0.25) is 0 Å². The summed E-state index contributed by atoms with van der Waals surface area (Å²) in [5.74, 6) is 0.0931. The molecule has 0 aliphatic carbocycles. The zero-order valence-corrected chi connectivity index (χ0v) is 18.7. The molecule has 2 aliphatic heterocycles. The highest BCUT2D eigenvalue weighted by Gasteiger charge is 2.33. The maximum Gasteiger partial charge on any atom is 0.410 e. The quantitative estimate of drug-likeness (QED) is 0.772. The van der Waals surface area contributed by atoms with Gasteiger partial charge in [0.1, 0.15) is 5.60 Å². The van der Waals surface area contributed by atoms with Gasteiger partial charge < -0.3 is 19.9 Å². The predicted octanol–water partition coefficient (Wildman–Crippen LogP) is 2.17. The Labute approximate surface area is 170 Å². The fourth-order valence-corrected chi connectivity index (χ4v) is 3.88. The Hall–Kier alpha value is -1.34. The van der Waals surface area contributed by atoms with Gasteiger partial charge in [0.05, 0.1) is 0 Å². The number of piperazine rings is 1. The van der Waals surface area contributed by atoms with E-state index in [2.05, 4.69) is 35.9 Å². The van der Waals surface area contributed by atoms with Crippen molar-refractivity contribution in [3.8, 4) is 0 Å². The minimum Gasteiger partial charge on any atom is -0.444 e. The van der Waals surface area contributed by atoms with Crippen LogP contribution in [0, 0.1) is 5.92 Å². The van der Waals surface area contributed by atoms with Gasteiger partial charge in [0.15, 0.2) is 0 Å². The number of carbonyl (C=O) groups is 2. The summed E-state index contributed by atoms with van der Waals surface area (Å²) in [7, 11) is 0. The molecule has 7 nitrogen and oxygen atoms in total. The van der Waals surface area contributed by atoms with Crippen molar-refractivity contribution in [2.45, 2.75) is 65.5 Å². The SMILES string of the molecule is CCN1CCN(C(C)(C)CNC(=O)C2CCN(C(=O)OC(C)(C)C)CC2)CC1. The predicted molar refractivity (Wildman–Crippen MR) is 111 cm³/mol. The van der Waals surface area contributed by atoms with Crippen molar-refractivity contribution < 1.29 is 14.3 Å². The van der Waals surface area contributed by atoms with Crippen LogP contribution >= 0.6 is 0 Å². The topological polar surface area (TPSA) is 65.1 Å². The molecule has 2 fully saturated rings. The third-order valence-electron chi connectivity index (χ3n) is 5.89. The Kier molecular flexibility index (Phi) is 7.73. The average Bonchev–Trinajstić information content (AvgIpc) is 2.65. The van der Waals surface area contributed by atoms with E-state index < -0.39 is 5.60 Å². The van der Waals surface area contributed by atoms with Gasteiger partial charge in [0.2, 0.25) is 5.91 Å². The van der Waals surface area contributed by atoms with Crippen LogP contribution in [0.1, 0.15) is 54.4 Å². The third kappa shape index (κ3) is 6.62. The summed E-state index contributed by atoms with van der Waals surface area (Å²) in [5, 5.41) is 3.17. The van der Waals surface area contributed by atoms with E-state index in [-0.39, 0.29) is 23.5 Å². The summed E-state index contributed by atoms with van der Waals surface area (Å²) in [6, 6.07) is 0. The molecule has 2 heterocycles. The van der Waals surface area contributed by atoms with Gasteiger partial charge >= 0.3 is 6.09 Å². The van der Waals surface area contributed by atoms with E-state index in [1.165, 1.54) is 0 Å². The molecule has 2 saturated heterocycles. The van der Waals surface area contributed by atoms with Crippen LogP contribution in [0.15, 0.2) is 0 Å². The monoisotopic (exact) mass is 396 g/mol. The molecule has 0 atom stereocenters. The summed E-state index contributed by atoms with van der Waals surface area (Å²) in [6.45, 7) is 19.4. The zero-order chi connectivity index (χ0) is 20.9. The van der Waals surface area contributed by atoms with Gasteiger partial charge in [0.25, 0.3) is 0 Å². The van der Waals surface area contributed by atoms with Crippen molar-refractivity contribution in [1.82, 2.24) is 20.0 Å². The highest BCUT2D eigenvalue weighted by Crippen LogP contribution is 2.21. The van der Waals surface area contributed by atoms with E-state index >= 15 is 0 Å². The molecule has 0 saturated carbocycles. The molecule has 0 spiro atoms. The van der Waals surface area contributed by atoms with Gasteiger partial charge in [-0.15, -0.1) is 0 Å². The largest absolute Gasteiger partial charge is 0.444 e. The number of piperidine rings is 1. The summed E-state index contributed by atoms with van der Waals surface area (Å²) >= 11 is 0. The second-order valence-electron chi connectivity index (χ2n) is 9.69. The van der Waals surface area contributed by atoms with Crippen LogP contribution in [0.4, 0.5) is 4.79 Å². The van der Waals surface area contributed by atoms with Crippen molar-refractivity contribution in [2.24, 2.45) is 5.92 Å². The number of amides is 2. The molecule has 2 aliphatic rings. The van der Waals surface area contributed by atoms with Gasteiger partial charge in [0, 0.05) is 57.3 Å². The van der Waals surface area contributed by atoms with Crippen LogP contribution in [0.5, 0.6) is 0 Å². The minimum absolute atomic E-state index is 0.0218. The van der Waals surface area contributed by atoms with Crippen molar-refractivity contribution >= 4 is 12.0 Å². The standard InChI is InChI=1S/C21H40N4O3/c1-7-23-12-14-25(15-13-23)21(5,6)16-22-18(26)17-8-10-24(11-9-17)19(27)28-20(2,3)4/h17H,7-16H2,1-6H3,(H,22,26). The fourth-order valence-electron chi connectivity index (χ4n) is 3.88. The number of rotatable bonds is 5. The summed E-state index contributed by atoms with van der Waals surface area (Å²) in [6.07, 6.45) is 1.11. The number of likely N-dealkylation sites (tertiary alicyclic amines) is 1. The Morgan fingerprint density at radius 1 is 0.964 bits per heavy atom. The highest BCUT2D eigenvalue weighted by molar-refractivity contribution is 5.79. The molecule has 0 unspecified atom stereocenters. The molecule has 0 aromatic carbocycles. The Balaban J connectivity index is 1.74. The minimum atomic E-state index is -0.487. The first kappa shape index (κ1) is 22.9. The molecule has 1 N–H and O–H groups in total. The molecule has 2 rings (SSSR count). The van der Waals surface area contributed by atoms with E-state index in [1.807, 2.05) is 20.8 Å². The summed E-state index contributed by atoms with van der Waals surface area (Å²) in [5.41, 5.74) is -0.536. The highest BCUT2D eigenvalue weighted by atomic mass is 16.6. The molecule has 7 heteroatoms. The number of likely N-dealkylation sites (N-methyl/N-ethyl adjacent to an activating group) is 1. The number of carbonyl (C=O) groups excluding carboxylic acids is 2. The zero-order valence-electron chi connectivity index (χ0n) is 18.7. The summed E-state index contributed by atoms with van der Waals surface area (Å²) < 4.78 is 5.43. The number of ether oxygens (including phenoxy) is 1. The van der Waals surface area contributed by atoms with Crippen LogP contribution in [-0.2, 0) is 9.53 Å². The molecular weight excluding hydrogens is 356 g/mol. The lowest BCUT2D eigenvalue weighted by Crippen LogP contribution is -2.58. The first-order valence-electron chi connectivity index (χ1n) is 10.7. The maximum absolute atomic E-state index is 12.7. The van der Waals surface area contributed by atoms with Crippen molar-refractivity contribution in [2.75, 3.05) is 52.4 Å². The van der Waals surface area contributed by atoms with Gasteiger partial charge in [-0.1, -0.05) is 6.92 Å². The summed E-state index contributed by atoms with van der Waals surface area (Å²) in [4.78, 5) is 31.5. The normalized spacial score (nSPS) is 20.9. The lowest BCUT2D eigenvalue weighted by molar-refractivity contribution is -0.127. The Bertz CT molecular complexity index is 528. The lowest BCUT2D eigenvalue weighted by atomic mass is 9.95. The molecular formula is C21H40N4O3. The Morgan fingerprint density at radius 2 is 1.54 bits per heavy atom. The Morgan fingerprint density at radius 3 is 2.04 bits per heavy atom. The number of nitrogens with one attached hydrogen (secondary N) is 1. The average molecular weight is 397 g/mol. The van der Waals surface area contributed by atoms with E-state index in [0.717, 1.165) is 32.7 Å². The van der Waals surface area contributed by atoms with Crippen molar-refractivity contribution in [3.63, 3.8) is 0 Å². The van der Waals surface area contributed by atoms with E-state index in [9.17, 15) is 9.59 Å². The van der Waals surface area contributed by atoms with Crippen molar-refractivity contribution in [3.05, 3.63) is 0 Å². The number of hydrogen-bond donors (Lipinski definition) is 1. The third-order valence-corrected chi connectivity index (χ3v) is 5.89. The van der Waals surface area contributed by atoms with Gasteiger partial charge in [-0.3, -0.25) is 9.69 Å². The molecule has 0 bridgehead atoms. The first-order chi connectivity index (χ1) is 13.0. The van der Waals surface area contributed by atoms with Crippen LogP contribution < -0.4 is 5.32 Å². The van der Waals surface area contributed by atoms with Crippen LogP contribution in [-0.4, -0.2) is 90.2 Å².